The van der Waals surface area contributed by atoms with Crippen molar-refractivity contribution in [2.45, 2.75) is 13.0 Å². The van der Waals surface area contributed by atoms with Gasteiger partial charge in [0.05, 0.1) is 6.54 Å². The Labute approximate surface area is 106 Å². The predicted octanol–water partition coefficient (Wildman–Crippen LogP) is 2.72. The van der Waals surface area contributed by atoms with E-state index in [-0.39, 0.29) is 6.03 Å². The second-order valence-electron chi connectivity index (χ2n) is 4.01. The monoisotopic (exact) mass is 250 g/mol. The molecule has 0 saturated heterocycles. The van der Waals surface area contributed by atoms with Gasteiger partial charge >= 0.3 is 6.03 Å². The van der Waals surface area contributed by atoms with Crippen molar-refractivity contribution in [3.63, 3.8) is 0 Å². The molecule has 0 aromatic heterocycles. The molecular weight excluding hydrogens is 236 g/mol. The highest BCUT2D eigenvalue weighted by Crippen LogP contribution is 2.12. The number of rotatable bonds is 2. The molecule has 0 bridgehead atoms. The van der Waals surface area contributed by atoms with E-state index < -0.39 is 0 Å². The van der Waals surface area contributed by atoms with Gasteiger partial charge in [-0.15, -0.1) is 0 Å². The van der Waals surface area contributed by atoms with Gasteiger partial charge in [0.1, 0.15) is 0 Å². The summed E-state index contributed by atoms with van der Waals surface area (Å²) in [7, 11) is 0. The number of hydrogen-bond acceptors (Lipinski definition) is 1. The zero-order valence-electron chi connectivity index (χ0n) is 9.53. The Hall–Kier alpha value is -1.48. The molecule has 1 heterocycles. The van der Waals surface area contributed by atoms with Crippen LogP contribution < -0.4 is 5.32 Å². The maximum absolute atomic E-state index is 11.8. The van der Waals surface area contributed by atoms with Gasteiger partial charge in [-0.2, -0.15) is 0 Å². The van der Waals surface area contributed by atoms with Gasteiger partial charge in [-0.1, -0.05) is 48.0 Å². The summed E-state index contributed by atoms with van der Waals surface area (Å²) in [5.41, 5.74) is 1.10. The Morgan fingerprint density at radius 1 is 1.35 bits per heavy atom. The van der Waals surface area contributed by atoms with E-state index in [1.54, 1.807) is 4.90 Å². The van der Waals surface area contributed by atoms with E-state index >= 15 is 0 Å². The first-order valence-corrected chi connectivity index (χ1v) is 6.05. The van der Waals surface area contributed by atoms with Crippen LogP contribution in [0.5, 0.6) is 0 Å². The Kier molecular flexibility index (Phi) is 4.04. The molecular formula is C13H15ClN2O. The lowest BCUT2D eigenvalue weighted by atomic mass is 10.2. The fourth-order valence-corrected chi connectivity index (χ4v) is 2.02. The topological polar surface area (TPSA) is 32.3 Å². The third-order valence-electron chi connectivity index (χ3n) is 2.68. The van der Waals surface area contributed by atoms with Gasteiger partial charge in [-0.05, 0) is 12.0 Å². The summed E-state index contributed by atoms with van der Waals surface area (Å²) in [6.45, 7) is 1.80. The van der Waals surface area contributed by atoms with Crippen molar-refractivity contribution < 1.29 is 4.79 Å². The molecule has 0 saturated carbocycles. The lowest BCUT2D eigenvalue weighted by Crippen LogP contribution is -2.42. The summed E-state index contributed by atoms with van der Waals surface area (Å²) in [5, 5.41) is 3.63. The molecule has 1 aromatic rings. The third kappa shape index (κ3) is 3.49. The number of nitrogens with zero attached hydrogens (tertiary/aromatic N) is 1. The Morgan fingerprint density at radius 2 is 2.12 bits per heavy atom. The molecule has 1 N–H and O–H groups in total. The number of nitrogens with one attached hydrogen (secondary N) is 1. The minimum absolute atomic E-state index is 0.0555. The molecule has 0 unspecified atom stereocenters. The number of halogens is 1. The summed E-state index contributed by atoms with van der Waals surface area (Å²) in [5.74, 6) is 0. The minimum Gasteiger partial charge on any atom is -0.334 e. The maximum Gasteiger partial charge on any atom is 0.318 e. The molecule has 2 amide bonds. The number of hydrogen-bond donors (Lipinski definition) is 1. The van der Waals surface area contributed by atoms with Crippen LogP contribution >= 0.6 is 11.6 Å². The SMILES string of the molecule is O=C(NCc1ccccc1)N1CCC=C(Cl)C1. The normalized spacial score (nSPS) is 15.4. The molecule has 0 spiro atoms. The Balaban J connectivity index is 1.84. The first kappa shape index (κ1) is 12.0. The molecule has 90 valence electrons. The van der Waals surface area contributed by atoms with Gasteiger partial charge in [0.25, 0.3) is 0 Å². The van der Waals surface area contributed by atoms with E-state index in [1.807, 2.05) is 36.4 Å². The Morgan fingerprint density at radius 3 is 2.82 bits per heavy atom. The van der Waals surface area contributed by atoms with E-state index in [0.717, 1.165) is 23.6 Å². The smallest absolute Gasteiger partial charge is 0.318 e. The first-order valence-electron chi connectivity index (χ1n) is 5.67. The average molecular weight is 251 g/mol. The lowest BCUT2D eigenvalue weighted by molar-refractivity contribution is 0.201. The van der Waals surface area contributed by atoms with Crippen molar-refractivity contribution in [2.24, 2.45) is 0 Å². The van der Waals surface area contributed by atoms with Gasteiger partial charge in [0, 0.05) is 18.1 Å². The number of carbonyl (C=O) groups excluding carboxylic acids is 1. The number of amides is 2. The highest BCUT2D eigenvalue weighted by molar-refractivity contribution is 6.30. The van der Waals surface area contributed by atoms with E-state index in [9.17, 15) is 4.79 Å². The van der Waals surface area contributed by atoms with Crippen molar-refractivity contribution >= 4 is 17.6 Å². The van der Waals surface area contributed by atoms with Crippen LogP contribution in [0.15, 0.2) is 41.4 Å². The molecule has 1 aliphatic heterocycles. The zero-order valence-corrected chi connectivity index (χ0v) is 10.3. The van der Waals surface area contributed by atoms with E-state index in [1.165, 1.54) is 0 Å². The summed E-state index contributed by atoms with van der Waals surface area (Å²) < 4.78 is 0. The second-order valence-corrected chi connectivity index (χ2v) is 4.49. The zero-order chi connectivity index (χ0) is 12.1. The number of carbonyl (C=O) groups is 1. The minimum atomic E-state index is -0.0555. The van der Waals surface area contributed by atoms with Gasteiger partial charge in [-0.25, -0.2) is 4.79 Å². The van der Waals surface area contributed by atoms with Crippen molar-refractivity contribution in [3.05, 3.63) is 47.0 Å². The molecule has 0 radical (unpaired) electrons. The summed E-state index contributed by atoms with van der Waals surface area (Å²) in [4.78, 5) is 13.6. The van der Waals surface area contributed by atoms with Crippen molar-refractivity contribution in [3.8, 4) is 0 Å². The van der Waals surface area contributed by atoms with Crippen molar-refractivity contribution in [2.75, 3.05) is 13.1 Å². The molecule has 1 aliphatic rings. The summed E-state index contributed by atoms with van der Waals surface area (Å²) in [6.07, 6.45) is 2.79. The van der Waals surface area contributed by atoms with Gasteiger partial charge in [-0.3, -0.25) is 0 Å². The largest absolute Gasteiger partial charge is 0.334 e. The molecule has 3 nitrogen and oxygen atoms in total. The van der Waals surface area contributed by atoms with Crippen LogP contribution in [-0.2, 0) is 6.54 Å². The van der Waals surface area contributed by atoms with E-state index in [0.29, 0.717) is 13.1 Å². The Bertz CT molecular complexity index is 417. The quantitative estimate of drug-likeness (QED) is 0.860. The van der Waals surface area contributed by atoms with Crippen molar-refractivity contribution in [1.82, 2.24) is 10.2 Å². The van der Waals surface area contributed by atoms with E-state index in [2.05, 4.69) is 5.32 Å². The average Bonchev–Trinajstić information content (AvgIpc) is 2.37. The van der Waals surface area contributed by atoms with Gasteiger partial charge in [0.2, 0.25) is 0 Å². The maximum atomic E-state index is 11.8. The molecule has 1 aromatic carbocycles. The predicted molar refractivity (Wildman–Crippen MR) is 68.8 cm³/mol. The van der Waals surface area contributed by atoms with Crippen LogP contribution in [-0.4, -0.2) is 24.0 Å². The van der Waals surface area contributed by atoms with Crippen LogP contribution in [0.4, 0.5) is 4.79 Å². The van der Waals surface area contributed by atoms with Crippen LogP contribution in [0.25, 0.3) is 0 Å². The molecule has 4 heteroatoms. The molecule has 0 aliphatic carbocycles. The van der Waals surface area contributed by atoms with Crippen LogP contribution in [0.1, 0.15) is 12.0 Å². The fourth-order valence-electron chi connectivity index (χ4n) is 1.76. The number of benzene rings is 1. The first-order chi connectivity index (χ1) is 8.25. The standard InChI is InChI=1S/C13H15ClN2O/c14-12-7-4-8-16(10-12)13(17)15-9-11-5-2-1-3-6-11/h1-3,5-7H,4,8-10H2,(H,15,17). The second kappa shape index (κ2) is 5.73. The fraction of sp³-hybridized carbons (Fsp3) is 0.308. The van der Waals surface area contributed by atoms with E-state index in [4.69, 9.17) is 11.6 Å². The van der Waals surface area contributed by atoms with Crippen molar-refractivity contribution in [1.29, 1.82) is 0 Å². The number of urea groups is 1. The third-order valence-corrected chi connectivity index (χ3v) is 2.95. The van der Waals surface area contributed by atoms with Gasteiger partial charge < -0.3 is 10.2 Å². The van der Waals surface area contributed by atoms with Crippen LogP contribution in [0.3, 0.4) is 0 Å². The summed E-state index contributed by atoms with van der Waals surface area (Å²) in [6, 6.07) is 9.80. The molecule has 0 atom stereocenters. The lowest BCUT2D eigenvalue weighted by Gasteiger charge is -2.25. The molecule has 17 heavy (non-hydrogen) atoms. The van der Waals surface area contributed by atoms with Crippen LogP contribution in [0.2, 0.25) is 0 Å². The highest BCUT2D eigenvalue weighted by atomic mass is 35.5. The molecule has 2 rings (SSSR count). The molecule has 0 fully saturated rings. The summed E-state index contributed by atoms with van der Waals surface area (Å²) >= 11 is 5.91. The van der Waals surface area contributed by atoms with Crippen LogP contribution in [0, 0.1) is 0 Å². The highest BCUT2D eigenvalue weighted by Gasteiger charge is 2.16. The van der Waals surface area contributed by atoms with Gasteiger partial charge in [0.15, 0.2) is 0 Å².